The first-order valence-corrected chi connectivity index (χ1v) is 9.17. The summed E-state index contributed by atoms with van der Waals surface area (Å²) in [5.74, 6) is 1.49. The first kappa shape index (κ1) is 17.8. The van der Waals surface area contributed by atoms with Gasteiger partial charge in [-0.3, -0.25) is 0 Å². The minimum Gasteiger partial charge on any atom is -0.462 e. The van der Waals surface area contributed by atoms with E-state index in [4.69, 9.17) is 4.74 Å². The van der Waals surface area contributed by atoms with Crippen molar-refractivity contribution >= 4 is 17.7 Å². The fourth-order valence-corrected chi connectivity index (χ4v) is 4.61. The van der Waals surface area contributed by atoms with Crippen molar-refractivity contribution in [3.63, 3.8) is 0 Å². The molecule has 1 aromatic rings. The highest BCUT2D eigenvalue weighted by molar-refractivity contribution is 5.94. The summed E-state index contributed by atoms with van der Waals surface area (Å²) in [6.07, 6.45) is 2.33. The second-order valence-electron chi connectivity index (χ2n) is 7.96. The molecular formula is C20H28N2O3. The summed E-state index contributed by atoms with van der Waals surface area (Å²) in [4.78, 5) is 24.2. The molecule has 1 aromatic carbocycles. The quantitative estimate of drug-likeness (QED) is 0.810. The summed E-state index contributed by atoms with van der Waals surface area (Å²) in [6, 6.07) is 6.83. The van der Waals surface area contributed by atoms with Crippen LogP contribution in [0, 0.1) is 23.2 Å². The van der Waals surface area contributed by atoms with Gasteiger partial charge >= 0.3 is 12.0 Å². The number of amides is 2. The molecule has 25 heavy (non-hydrogen) atoms. The number of carbonyl (C=O) groups excluding carboxylic acids is 2. The zero-order valence-electron chi connectivity index (χ0n) is 15.5. The number of ether oxygens (including phenoxy) is 1. The van der Waals surface area contributed by atoms with Gasteiger partial charge in [0.1, 0.15) is 0 Å². The Morgan fingerprint density at radius 3 is 2.68 bits per heavy atom. The summed E-state index contributed by atoms with van der Waals surface area (Å²) in [6.45, 7) is 9.03. The van der Waals surface area contributed by atoms with E-state index in [0.717, 1.165) is 6.42 Å². The van der Waals surface area contributed by atoms with Gasteiger partial charge in [0, 0.05) is 11.7 Å². The molecule has 3 saturated carbocycles. The molecule has 2 N–H and O–H groups in total. The minimum atomic E-state index is -0.380. The third-order valence-electron chi connectivity index (χ3n) is 6.30. The van der Waals surface area contributed by atoms with Crippen molar-refractivity contribution in [3.8, 4) is 0 Å². The number of carbonyl (C=O) groups is 2. The van der Waals surface area contributed by atoms with E-state index in [0.29, 0.717) is 41.0 Å². The van der Waals surface area contributed by atoms with E-state index in [1.165, 1.54) is 6.42 Å². The van der Waals surface area contributed by atoms with Gasteiger partial charge in [0.05, 0.1) is 12.2 Å². The SMILES string of the molecule is CCOC(=O)c1cccc(NC(=O)N[C@@H]2C[C@@H]3C[C@H]([C@H]2C)C3(C)C)c1. The van der Waals surface area contributed by atoms with Gasteiger partial charge in [0.25, 0.3) is 0 Å². The smallest absolute Gasteiger partial charge is 0.338 e. The molecule has 4 rings (SSSR count). The van der Waals surface area contributed by atoms with Gasteiger partial charge in [0.2, 0.25) is 0 Å². The monoisotopic (exact) mass is 344 g/mol. The molecule has 0 aliphatic heterocycles. The molecule has 0 saturated heterocycles. The van der Waals surface area contributed by atoms with E-state index in [9.17, 15) is 9.59 Å². The molecule has 2 amide bonds. The number of rotatable bonds is 4. The van der Waals surface area contributed by atoms with Crippen LogP contribution < -0.4 is 10.6 Å². The summed E-state index contributed by atoms with van der Waals surface area (Å²) in [5.41, 5.74) is 1.44. The summed E-state index contributed by atoms with van der Waals surface area (Å²) in [5, 5.41) is 5.96. The van der Waals surface area contributed by atoms with Gasteiger partial charge < -0.3 is 15.4 Å². The number of anilines is 1. The van der Waals surface area contributed by atoms with Crippen LogP contribution in [0.15, 0.2) is 24.3 Å². The summed E-state index contributed by atoms with van der Waals surface area (Å²) >= 11 is 0. The molecule has 5 heteroatoms. The van der Waals surface area contributed by atoms with E-state index in [1.54, 1.807) is 31.2 Å². The predicted molar refractivity (Wildman–Crippen MR) is 97.5 cm³/mol. The highest BCUT2D eigenvalue weighted by Crippen LogP contribution is 2.61. The average molecular weight is 344 g/mol. The molecule has 0 heterocycles. The zero-order chi connectivity index (χ0) is 18.2. The highest BCUT2D eigenvalue weighted by atomic mass is 16.5. The van der Waals surface area contributed by atoms with E-state index < -0.39 is 0 Å². The lowest BCUT2D eigenvalue weighted by Gasteiger charge is -2.62. The molecule has 0 unspecified atom stereocenters. The summed E-state index contributed by atoms with van der Waals surface area (Å²) in [7, 11) is 0. The summed E-state index contributed by atoms with van der Waals surface area (Å²) < 4.78 is 4.99. The molecule has 0 radical (unpaired) electrons. The number of urea groups is 1. The van der Waals surface area contributed by atoms with Crippen LogP contribution in [0.2, 0.25) is 0 Å². The third-order valence-corrected chi connectivity index (χ3v) is 6.30. The van der Waals surface area contributed by atoms with E-state index in [1.807, 2.05) is 0 Å². The van der Waals surface area contributed by atoms with Crippen molar-refractivity contribution in [1.82, 2.24) is 5.32 Å². The first-order chi connectivity index (χ1) is 11.8. The Labute approximate surface area is 149 Å². The second kappa shape index (κ2) is 6.70. The minimum absolute atomic E-state index is 0.211. The molecule has 5 nitrogen and oxygen atoms in total. The van der Waals surface area contributed by atoms with Gasteiger partial charge in [-0.25, -0.2) is 9.59 Å². The second-order valence-corrected chi connectivity index (χ2v) is 7.96. The van der Waals surface area contributed by atoms with Crippen molar-refractivity contribution in [1.29, 1.82) is 0 Å². The Hall–Kier alpha value is -2.04. The Bertz CT molecular complexity index is 671. The van der Waals surface area contributed by atoms with Crippen LogP contribution in [0.4, 0.5) is 10.5 Å². The van der Waals surface area contributed by atoms with Crippen molar-refractivity contribution in [2.75, 3.05) is 11.9 Å². The molecule has 136 valence electrons. The van der Waals surface area contributed by atoms with Crippen LogP contribution in [0.1, 0.15) is 50.9 Å². The van der Waals surface area contributed by atoms with Gasteiger partial charge in [0.15, 0.2) is 0 Å². The number of benzene rings is 1. The number of fused-ring (bicyclic) bond motifs is 2. The van der Waals surface area contributed by atoms with Crippen LogP contribution in [0.25, 0.3) is 0 Å². The van der Waals surface area contributed by atoms with E-state index in [-0.39, 0.29) is 18.0 Å². The molecule has 2 bridgehead atoms. The Balaban J connectivity index is 1.58. The maximum absolute atomic E-state index is 12.4. The standard InChI is InChI=1S/C20H28N2O3/c1-5-25-18(23)13-7-6-8-15(9-13)21-19(24)22-17-11-14-10-16(12(17)2)20(14,3)4/h6-9,12,14,16-17H,5,10-11H2,1-4H3,(H2,21,22,24)/t12-,14+,16-,17-/m1/s1. The Morgan fingerprint density at radius 1 is 1.28 bits per heavy atom. The fourth-order valence-electron chi connectivity index (χ4n) is 4.61. The molecular weight excluding hydrogens is 316 g/mol. The highest BCUT2D eigenvalue weighted by Gasteiger charge is 2.56. The van der Waals surface area contributed by atoms with Crippen LogP contribution in [-0.4, -0.2) is 24.6 Å². The van der Waals surface area contributed by atoms with Crippen molar-refractivity contribution < 1.29 is 14.3 Å². The van der Waals surface area contributed by atoms with Crippen molar-refractivity contribution in [3.05, 3.63) is 29.8 Å². The lowest BCUT2D eigenvalue weighted by atomic mass is 9.45. The van der Waals surface area contributed by atoms with Gasteiger partial charge in [-0.1, -0.05) is 26.8 Å². The van der Waals surface area contributed by atoms with Crippen molar-refractivity contribution in [2.45, 2.75) is 46.6 Å². The third kappa shape index (κ3) is 3.37. The van der Waals surface area contributed by atoms with Gasteiger partial charge in [-0.05, 0) is 61.1 Å². The largest absolute Gasteiger partial charge is 0.462 e. The van der Waals surface area contributed by atoms with Crippen LogP contribution >= 0.6 is 0 Å². The Morgan fingerprint density at radius 2 is 2.04 bits per heavy atom. The number of nitrogens with one attached hydrogen (secondary N) is 2. The molecule has 3 fully saturated rings. The maximum atomic E-state index is 12.4. The Kier molecular flexibility index (Phi) is 4.76. The molecule has 3 aliphatic carbocycles. The lowest BCUT2D eigenvalue weighted by Crippen LogP contribution is -2.61. The van der Waals surface area contributed by atoms with Gasteiger partial charge in [-0.15, -0.1) is 0 Å². The molecule has 3 aliphatic rings. The molecule has 4 atom stereocenters. The van der Waals surface area contributed by atoms with Gasteiger partial charge in [-0.2, -0.15) is 0 Å². The maximum Gasteiger partial charge on any atom is 0.338 e. The average Bonchev–Trinajstić information content (AvgIpc) is 2.56. The van der Waals surface area contributed by atoms with Crippen LogP contribution in [0.5, 0.6) is 0 Å². The van der Waals surface area contributed by atoms with Crippen molar-refractivity contribution in [2.24, 2.45) is 23.2 Å². The number of esters is 1. The molecule has 0 spiro atoms. The van der Waals surface area contributed by atoms with E-state index in [2.05, 4.69) is 31.4 Å². The lowest BCUT2D eigenvalue weighted by molar-refractivity contribution is -0.112. The van der Waals surface area contributed by atoms with E-state index >= 15 is 0 Å². The van der Waals surface area contributed by atoms with Crippen LogP contribution in [-0.2, 0) is 4.74 Å². The number of hydrogen-bond acceptors (Lipinski definition) is 3. The molecule has 0 aromatic heterocycles. The fraction of sp³-hybridized carbons (Fsp3) is 0.600. The first-order valence-electron chi connectivity index (χ1n) is 9.17. The number of hydrogen-bond donors (Lipinski definition) is 2. The zero-order valence-corrected chi connectivity index (χ0v) is 15.5. The topological polar surface area (TPSA) is 67.4 Å². The normalized spacial score (nSPS) is 29.3. The predicted octanol–water partition coefficient (Wildman–Crippen LogP) is 4.06. The van der Waals surface area contributed by atoms with Crippen LogP contribution in [0.3, 0.4) is 0 Å².